The SMILES string of the molecule is CCC1(CC)C=C[n+]2cc(-c3c(C)cccc3C)n3c4ccc(CC(C)(C)C)cc4c4cccc1c4c32. The predicted molar refractivity (Wildman–Crippen MR) is 158 cm³/mol. The maximum atomic E-state index is 2.54. The number of imidazole rings is 1. The molecule has 0 spiro atoms. The Morgan fingerprint density at radius 1 is 0.865 bits per heavy atom. The molecule has 0 fully saturated rings. The van der Waals surface area contributed by atoms with Crippen molar-refractivity contribution >= 4 is 33.5 Å². The van der Waals surface area contributed by atoms with Gasteiger partial charge < -0.3 is 0 Å². The van der Waals surface area contributed by atoms with Crippen molar-refractivity contribution in [3.8, 4) is 11.3 Å². The first-order valence-electron chi connectivity index (χ1n) is 13.9. The Labute approximate surface area is 221 Å². The van der Waals surface area contributed by atoms with Crippen molar-refractivity contribution < 1.29 is 4.57 Å². The summed E-state index contributed by atoms with van der Waals surface area (Å²) in [5, 5.41) is 4.11. The molecule has 0 N–H and O–H groups in total. The lowest BCUT2D eigenvalue weighted by Crippen LogP contribution is -2.24. The Bertz CT molecular complexity index is 1700. The highest BCUT2D eigenvalue weighted by Gasteiger charge is 2.35. The van der Waals surface area contributed by atoms with Gasteiger partial charge in [-0.15, -0.1) is 0 Å². The number of fused-ring (bicyclic) bond motifs is 3. The lowest BCUT2D eigenvalue weighted by atomic mass is 9.74. The summed E-state index contributed by atoms with van der Waals surface area (Å²) in [7, 11) is 0. The highest BCUT2D eigenvalue weighted by atomic mass is 15.1. The summed E-state index contributed by atoms with van der Waals surface area (Å²) < 4.78 is 4.94. The molecule has 3 aromatic carbocycles. The van der Waals surface area contributed by atoms with Crippen LogP contribution in [0, 0.1) is 19.3 Å². The van der Waals surface area contributed by atoms with Crippen LogP contribution in [0.4, 0.5) is 0 Å². The fourth-order valence-corrected chi connectivity index (χ4v) is 6.80. The number of nitrogens with zero attached hydrogens (tertiary/aromatic N) is 2. The van der Waals surface area contributed by atoms with Crippen molar-refractivity contribution in [2.75, 3.05) is 0 Å². The number of pyridine rings is 1. The van der Waals surface area contributed by atoms with Crippen LogP contribution in [0.25, 0.3) is 44.8 Å². The Morgan fingerprint density at radius 2 is 1.57 bits per heavy atom. The van der Waals surface area contributed by atoms with E-state index in [0.717, 1.165) is 19.3 Å². The van der Waals surface area contributed by atoms with Gasteiger partial charge in [0.05, 0.1) is 11.6 Å². The van der Waals surface area contributed by atoms with Crippen LogP contribution in [0.2, 0.25) is 0 Å². The molecular weight excluding hydrogens is 448 g/mol. The molecule has 0 radical (unpaired) electrons. The summed E-state index contributed by atoms with van der Waals surface area (Å²) in [4.78, 5) is 0. The standard InChI is InChI=1S/C35H39N2/c1-8-35(9-2)18-19-36-22-30(31-23(3)12-10-13-24(31)4)37-29-17-16-25(21-34(5,6)7)20-27(29)26-14-11-15-28(35)32(26)33(36)37/h10-20,22H,8-9,21H2,1-7H3/q+1. The van der Waals surface area contributed by atoms with Crippen LogP contribution in [0.1, 0.15) is 69.7 Å². The van der Waals surface area contributed by atoms with E-state index in [0.29, 0.717) is 0 Å². The third-order valence-electron chi connectivity index (χ3n) is 8.66. The molecule has 5 aromatic rings. The van der Waals surface area contributed by atoms with Crippen LogP contribution in [0.3, 0.4) is 0 Å². The number of hydrogen-bond acceptors (Lipinski definition) is 0. The van der Waals surface area contributed by atoms with Crippen LogP contribution in [0.15, 0.2) is 66.9 Å². The minimum absolute atomic E-state index is 0.0292. The van der Waals surface area contributed by atoms with Gasteiger partial charge in [0, 0.05) is 21.8 Å². The first-order valence-corrected chi connectivity index (χ1v) is 13.9. The zero-order valence-electron chi connectivity index (χ0n) is 23.4. The van der Waals surface area contributed by atoms with E-state index in [1.807, 2.05) is 0 Å². The van der Waals surface area contributed by atoms with Crippen molar-refractivity contribution in [2.45, 2.75) is 73.1 Å². The lowest BCUT2D eigenvalue weighted by Gasteiger charge is -2.28. The first kappa shape index (κ1) is 24.0. The van der Waals surface area contributed by atoms with Crippen molar-refractivity contribution in [1.29, 1.82) is 0 Å². The summed E-state index contributed by atoms with van der Waals surface area (Å²) in [6.45, 7) is 16.1. The fraction of sp³-hybridized carbons (Fsp3) is 0.343. The van der Waals surface area contributed by atoms with E-state index in [4.69, 9.17) is 0 Å². The van der Waals surface area contributed by atoms with Gasteiger partial charge in [0.25, 0.3) is 5.65 Å². The predicted octanol–water partition coefficient (Wildman–Crippen LogP) is 8.95. The van der Waals surface area contributed by atoms with Gasteiger partial charge in [0.1, 0.15) is 11.7 Å². The van der Waals surface area contributed by atoms with E-state index in [-0.39, 0.29) is 10.8 Å². The first-order chi connectivity index (χ1) is 17.7. The number of aryl methyl sites for hydroxylation is 2. The highest BCUT2D eigenvalue weighted by Crippen LogP contribution is 2.44. The smallest absolute Gasteiger partial charge is 0.202 e. The van der Waals surface area contributed by atoms with Crippen LogP contribution < -0.4 is 4.57 Å². The molecule has 0 unspecified atom stereocenters. The molecule has 0 bridgehead atoms. The molecule has 188 valence electrons. The Morgan fingerprint density at radius 3 is 2.24 bits per heavy atom. The zero-order chi connectivity index (χ0) is 26.1. The van der Waals surface area contributed by atoms with Crippen LogP contribution in [-0.2, 0) is 11.8 Å². The number of allylic oxidation sites excluding steroid dienone is 1. The Hall–Kier alpha value is -3.39. The summed E-state index contributed by atoms with van der Waals surface area (Å²) in [6.07, 6.45) is 10.4. The third-order valence-corrected chi connectivity index (χ3v) is 8.66. The van der Waals surface area contributed by atoms with Gasteiger partial charge in [-0.1, -0.05) is 77.1 Å². The molecule has 0 saturated carbocycles. The summed E-state index contributed by atoms with van der Waals surface area (Å²) in [6, 6.07) is 20.8. The van der Waals surface area contributed by atoms with Crippen molar-refractivity contribution in [2.24, 2.45) is 5.41 Å². The van der Waals surface area contributed by atoms with Crippen LogP contribution in [0.5, 0.6) is 0 Å². The second-order valence-corrected chi connectivity index (χ2v) is 12.3. The average molecular weight is 488 g/mol. The van der Waals surface area contributed by atoms with E-state index in [9.17, 15) is 0 Å². The van der Waals surface area contributed by atoms with Gasteiger partial charge in [0.15, 0.2) is 5.69 Å². The molecule has 3 heterocycles. The van der Waals surface area contributed by atoms with E-state index in [2.05, 4.69) is 131 Å². The van der Waals surface area contributed by atoms with Gasteiger partial charge in [-0.05, 0) is 79.0 Å². The van der Waals surface area contributed by atoms with E-state index >= 15 is 0 Å². The maximum Gasteiger partial charge on any atom is 0.300 e. The van der Waals surface area contributed by atoms with Gasteiger partial charge >= 0.3 is 0 Å². The molecule has 2 aromatic heterocycles. The van der Waals surface area contributed by atoms with E-state index in [1.165, 1.54) is 60.8 Å². The van der Waals surface area contributed by atoms with Crippen molar-refractivity contribution in [3.05, 3.63) is 89.1 Å². The highest BCUT2D eigenvalue weighted by molar-refractivity contribution is 6.13. The van der Waals surface area contributed by atoms with Crippen LogP contribution >= 0.6 is 0 Å². The van der Waals surface area contributed by atoms with Gasteiger partial charge in [-0.3, -0.25) is 0 Å². The Kier molecular flexibility index (Phi) is 5.39. The minimum Gasteiger partial charge on any atom is -0.202 e. The maximum absolute atomic E-state index is 2.54. The molecule has 0 amide bonds. The molecule has 1 aliphatic heterocycles. The molecule has 0 atom stereocenters. The second kappa shape index (κ2) is 8.31. The number of hydrogen-bond donors (Lipinski definition) is 0. The van der Waals surface area contributed by atoms with Crippen LogP contribution in [-0.4, -0.2) is 4.40 Å². The van der Waals surface area contributed by atoms with Crippen molar-refractivity contribution in [1.82, 2.24) is 4.40 Å². The van der Waals surface area contributed by atoms with E-state index in [1.54, 1.807) is 0 Å². The summed E-state index contributed by atoms with van der Waals surface area (Å²) in [5.41, 5.74) is 10.9. The topological polar surface area (TPSA) is 8.29 Å². The molecular formula is C35H39N2+. The Balaban J connectivity index is 1.85. The molecule has 0 saturated heterocycles. The number of aromatic nitrogens is 2. The molecule has 0 aliphatic carbocycles. The van der Waals surface area contributed by atoms with Gasteiger partial charge in [0.2, 0.25) is 0 Å². The fourth-order valence-electron chi connectivity index (χ4n) is 6.80. The summed E-state index contributed by atoms with van der Waals surface area (Å²) >= 11 is 0. The number of benzene rings is 3. The summed E-state index contributed by atoms with van der Waals surface area (Å²) in [5.74, 6) is 0. The normalized spacial score (nSPS) is 14.8. The quantitative estimate of drug-likeness (QED) is 0.177. The zero-order valence-corrected chi connectivity index (χ0v) is 23.4. The van der Waals surface area contributed by atoms with Gasteiger partial charge in [-0.2, -0.15) is 4.40 Å². The molecule has 2 heteroatoms. The average Bonchev–Trinajstić information content (AvgIpc) is 3.16. The van der Waals surface area contributed by atoms with E-state index < -0.39 is 0 Å². The lowest BCUT2D eigenvalue weighted by molar-refractivity contribution is -0.537. The largest absolute Gasteiger partial charge is 0.300 e. The molecule has 37 heavy (non-hydrogen) atoms. The van der Waals surface area contributed by atoms with Gasteiger partial charge in [-0.25, -0.2) is 4.57 Å². The van der Waals surface area contributed by atoms with Crippen molar-refractivity contribution in [3.63, 3.8) is 0 Å². The monoisotopic (exact) mass is 487 g/mol. The second-order valence-electron chi connectivity index (χ2n) is 12.3. The molecule has 6 rings (SSSR count). The minimum atomic E-state index is 0.0292. The molecule has 1 aliphatic rings. The number of rotatable bonds is 4. The molecule has 2 nitrogen and oxygen atoms in total. The third kappa shape index (κ3) is 3.56.